The van der Waals surface area contributed by atoms with Gasteiger partial charge in [-0.05, 0) is 63.1 Å². The van der Waals surface area contributed by atoms with Gasteiger partial charge in [-0.25, -0.2) is 0 Å². The number of aliphatic imine (C=N–C) groups is 1. The second-order valence-corrected chi connectivity index (χ2v) is 7.10. The minimum atomic E-state index is -0.222. The molecule has 0 bridgehead atoms. The Morgan fingerprint density at radius 2 is 1.63 bits per heavy atom. The fourth-order valence-electron chi connectivity index (χ4n) is 3.10. The highest BCUT2D eigenvalue weighted by Crippen LogP contribution is 2.22. The van der Waals surface area contributed by atoms with E-state index >= 15 is 0 Å². The van der Waals surface area contributed by atoms with Gasteiger partial charge in [-0.15, -0.1) is 24.0 Å². The van der Waals surface area contributed by atoms with Crippen LogP contribution in [-0.2, 0) is 0 Å². The third-order valence-electron chi connectivity index (χ3n) is 4.45. The Balaban J connectivity index is 0.00000320. The lowest BCUT2D eigenvalue weighted by molar-refractivity contribution is 0.0652. The Labute approximate surface area is 193 Å². The van der Waals surface area contributed by atoms with E-state index in [1.54, 1.807) is 24.3 Å². The summed E-state index contributed by atoms with van der Waals surface area (Å²) in [5, 5.41) is 3.03. The fraction of sp³-hybridized carbons (Fsp3) is 0.318. The first-order valence-corrected chi connectivity index (χ1v) is 9.74. The molecule has 30 heavy (non-hydrogen) atoms. The number of nitrogens with two attached hydrogens (primary N) is 1. The van der Waals surface area contributed by atoms with E-state index in [1.165, 1.54) is 4.90 Å². The average molecular weight is 522 g/mol. The van der Waals surface area contributed by atoms with Crippen LogP contribution < -0.4 is 15.8 Å². The number of fused-ring (bicyclic) bond motifs is 1. The molecule has 0 saturated heterocycles. The number of ether oxygens (including phenoxy) is 1. The van der Waals surface area contributed by atoms with Crippen molar-refractivity contribution in [3.8, 4) is 5.75 Å². The number of halogens is 1. The number of nitrogens with one attached hydrogen (secondary N) is 1. The van der Waals surface area contributed by atoms with Gasteiger partial charge in [-0.2, -0.15) is 0 Å². The van der Waals surface area contributed by atoms with Crippen LogP contribution in [-0.4, -0.2) is 41.9 Å². The molecule has 2 aromatic rings. The number of carbonyl (C=O) groups excluding carboxylic acids is 2. The molecular formula is C22H27IN4O3. The summed E-state index contributed by atoms with van der Waals surface area (Å²) in [5.74, 6) is 0.679. The quantitative estimate of drug-likeness (QED) is 0.180. The molecule has 0 atom stereocenters. The SMILES string of the molecule is CC(C)Oc1ccc(NC(N)=NCCCCN2C(=O)c3ccccc3C2=O)cc1.I. The number of carbonyl (C=O) groups is 2. The Hall–Kier alpha value is -2.62. The van der Waals surface area contributed by atoms with E-state index in [-0.39, 0.29) is 41.9 Å². The van der Waals surface area contributed by atoms with Crippen LogP contribution in [0.15, 0.2) is 53.5 Å². The minimum absolute atomic E-state index is 0. The molecule has 3 N–H and O–H groups in total. The van der Waals surface area contributed by atoms with Crippen molar-refractivity contribution < 1.29 is 14.3 Å². The van der Waals surface area contributed by atoms with Gasteiger partial charge in [0.2, 0.25) is 0 Å². The number of rotatable bonds is 8. The summed E-state index contributed by atoms with van der Waals surface area (Å²) in [6, 6.07) is 14.4. The molecule has 0 aliphatic carbocycles. The molecule has 7 nitrogen and oxygen atoms in total. The molecule has 160 valence electrons. The number of amides is 2. The standard InChI is InChI=1S/C22H26N4O3.HI/c1-15(2)29-17-11-9-16(10-12-17)25-22(23)24-13-5-6-14-26-20(27)18-7-3-4-8-19(18)21(26)28;/h3-4,7-12,15H,5-6,13-14H2,1-2H3,(H3,23,24,25);1H. The van der Waals surface area contributed by atoms with Gasteiger partial charge < -0.3 is 15.8 Å². The lowest BCUT2D eigenvalue weighted by Crippen LogP contribution is -2.30. The number of hydrogen-bond donors (Lipinski definition) is 2. The Kier molecular flexibility index (Phi) is 8.64. The van der Waals surface area contributed by atoms with Crippen molar-refractivity contribution in [3.63, 3.8) is 0 Å². The van der Waals surface area contributed by atoms with Crippen molar-refractivity contribution in [3.05, 3.63) is 59.7 Å². The van der Waals surface area contributed by atoms with Gasteiger partial charge in [0.25, 0.3) is 11.8 Å². The highest BCUT2D eigenvalue weighted by Gasteiger charge is 2.34. The van der Waals surface area contributed by atoms with Crippen LogP contribution in [0.4, 0.5) is 5.69 Å². The lowest BCUT2D eigenvalue weighted by Gasteiger charge is -2.13. The molecule has 1 aliphatic heterocycles. The van der Waals surface area contributed by atoms with Crippen LogP contribution in [0.3, 0.4) is 0 Å². The van der Waals surface area contributed by atoms with Crippen molar-refractivity contribution in [2.75, 3.05) is 18.4 Å². The highest BCUT2D eigenvalue weighted by atomic mass is 127. The maximum absolute atomic E-state index is 12.3. The zero-order valence-electron chi connectivity index (χ0n) is 17.1. The number of benzene rings is 2. The van der Waals surface area contributed by atoms with Gasteiger partial charge in [0.05, 0.1) is 17.2 Å². The van der Waals surface area contributed by atoms with E-state index in [4.69, 9.17) is 10.5 Å². The number of guanidine groups is 1. The first-order chi connectivity index (χ1) is 14.0. The van der Waals surface area contributed by atoms with Crippen LogP contribution in [0, 0.1) is 0 Å². The zero-order valence-corrected chi connectivity index (χ0v) is 19.5. The highest BCUT2D eigenvalue weighted by molar-refractivity contribution is 14.0. The number of nitrogens with zero attached hydrogens (tertiary/aromatic N) is 2. The minimum Gasteiger partial charge on any atom is -0.491 e. The normalized spacial score (nSPS) is 13.3. The van der Waals surface area contributed by atoms with Gasteiger partial charge in [-0.3, -0.25) is 19.5 Å². The largest absolute Gasteiger partial charge is 0.491 e. The van der Waals surface area contributed by atoms with Gasteiger partial charge in [0.15, 0.2) is 5.96 Å². The summed E-state index contributed by atoms with van der Waals surface area (Å²) < 4.78 is 5.60. The lowest BCUT2D eigenvalue weighted by atomic mass is 10.1. The van der Waals surface area contributed by atoms with Gasteiger partial charge >= 0.3 is 0 Å². The number of anilines is 1. The summed E-state index contributed by atoms with van der Waals surface area (Å²) in [5.41, 5.74) is 7.71. The summed E-state index contributed by atoms with van der Waals surface area (Å²) >= 11 is 0. The van der Waals surface area contributed by atoms with Crippen LogP contribution in [0.5, 0.6) is 5.75 Å². The van der Waals surface area contributed by atoms with E-state index in [2.05, 4.69) is 10.3 Å². The third-order valence-corrected chi connectivity index (χ3v) is 4.45. The average Bonchev–Trinajstić information content (AvgIpc) is 2.94. The number of hydrogen-bond acceptors (Lipinski definition) is 4. The molecule has 3 rings (SSSR count). The maximum Gasteiger partial charge on any atom is 0.261 e. The smallest absolute Gasteiger partial charge is 0.261 e. The third kappa shape index (κ3) is 5.94. The van der Waals surface area contributed by atoms with Gasteiger partial charge in [0.1, 0.15) is 5.75 Å². The monoisotopic (exact) mass is 522 g/mol. The molecule has 2 amide bonds. The summed E-state index contributed by atoms with van der Waals surface area (Å²) in [6.07, 6.45) is 1.52. The van der Waals surface area contributed by atoms with Crippen LogP contribution in [0.25, 0.3) is 0 Å². The van der Waals surface area contributed by atoms with E-state index in [0.29, 0.717) is 36.6 Å². The summed E-state index contributed by atoms with van der Waals surface area (Å²) in [7, 11) is 0. The van der Waals surface area contributed by atoms with E-state index < -0.39 is 0 Å². The van der Waals surface area contributed by atoms with Gasteiger partial charge in [0, 0.05) is 18.8 Å². The molecule has 0 spiro atoms. The maximum atomic E-state index is 12.3. The van der Waals surface area contributed by atoms with E-state index in [0.717, 1.165) is 17.9 Å². The van der Waals surface area contributed by atoms with Crippen molar-refractivity contribution in [1.82, 2.24) is 4.90 Å². The Morgan fingerprint density at radius 3 is 2.20 bits per heavy atom. The molecule has 0 unspecified atom stereocenters. The predicted molar refractivity (Wildman–Crippen MR) is 129 cm³/mol. The molecule has 0 radical (unpaired) electrons. The van der Waals surface area contributed by atoms with Crippen LogP contribution >= 0.6 is 24.0 Å². The molecule has 2 aromatic carbocycles. The molecular weight excluding hydrogens is 495 g/mol. The first kappa shape index (κ1) is 23.7. The fourth-order valence-corrected chi connectivity index (χ4v) is 3.10. The molecule has 8 heteroatoms. The van der Waals surface area contributed by atoms with Crippen LogP contribution in [0.2, 0.25) is 0 Å². The second-order valence-electron chi connectivity index (χ2n) is 7.10. The Morgan fingerprint density at radius 1 is 1.03 bits per heavy atom. The van der Waals surface area contributed by atoms with Crippen molar-refractivity contribution in [1.29, 1.82) is 0 Å². The zero-order chi connectivity index (χ0) is 20.8. The van der Waals surface area contributed by atoms with E-state index in [1.807, 2.05) is 38.1 Å². The summed E-state index contributed by atoms with van der Waals surface area (Å²) in [4.78, 5) is 30.2. The molecule has 1 aliphatic rings. The number of imide groups is 1. The van der Waals surface area contributed by atoms with Crippen molar-refractivity contribution in [2.24, 2.45) is 10.7 Å². The van der Waals surface area contributed by atoms with E-state index in [9.17, 15) is 9.59 Å². The first-order valence-electron chi connectivity index (χ1n) is 9.74. The van der Waals surface area contributed by atoms with Crippen LogP contribution in [0.1, 0.15) is 47.4 Å². The predicted octanol–water partition coefficient (Wildman–Crippen LogP) is 3.89. The van der Waals surface area contributed by atoms with Crippen molar-refractivity contribution in [2.45, 2.75) is 32.8 Å². The molecule has 0 saturated carbocycles. The summed E-state index contributed by atoms with van der Waals surface area (Å²) in [6.45, 7) is 4.85. The molecule has 0 aromatic heterocycles. The van der Waals surface area contributed by atoms with Gasteiger partial charge in [-0.1, -0.05) is 12.1 Å². The molecule has 0 fully saturated rings. The second kappa shape index (κ2) is 11.0. The topological polar surface area (TPSA) is 97.0 Å². The number of unbranched alkanes of at least 4 members (excludes halogenated alkanes) is 1. The van der Waals surface area contributed by atoms with Crippen molar-refractivity contribution >= 4 is 47.4 Å². The molecule has 1 heterocycles. The Bertz CT molecular complexity index is 878.